The number of fused-ring (bicyclic) bond motifs is 2. The number of carbonyl (C=O) groups is 4. The van der Waals surface area contributed by atoms with Gasteiger partial charge in [-0.25, -0.2) is 0 Å². The second-order valence-electron chi connectivity index (χ2n) is 19.0. The number of aromatic nitrogens is 1. The van der Waals surface area contributed by atoms with Crippen LogP contribution in [-0.2, 0) is 16.1 Å². The predicted molar refractivity (Wildman–Crippen MR) is 239 cm³/mol. The van der Waals surface area contributed by atoms with Gasteiger partial charge < -0.3 is 30.6 Å². The molecule has 3 aromatic carbocycles. The van der Waals surface area contributed by atoms with Crippen molar-refractivity contribution >= 4 is 45.9 Å². The molecular weight excluding hydrogens is 785 g/mol. The number of piperazine rings is 1. The minimum absolute atomic E-state index is 0.0408. The van der Waals surface area contributed by atoms with Gasteiger partial charge in [-0.2, -0.15) is 5.26 Å². The van der Waals surface area contributed by atoms with E-state index in [0.29, 0.717) is 42.5 Å². The molecule has 1 aromatic heterocycles. The van der Waals surface area contributed by atoms with E-state index in [1.165, 1.54) is 11.8 Å². The van der Waals surface area contributed by atoms with Crippen LogP contribution in [0.3, 0.4) is 0 Å². The standard InChI is InChI=1S/C25H31N5O2.C18H20N2O2.C5H7NO2/c1-25(8-9-30(17-25)20-4-2-18(3-5-20)23(26)31)16-28-10-12-29(13-11-28)21-6-7-22-19(14-21)15-27-24(22)32;1-17(2)10-18(3,4)16(17)22-13-7-5-11(9-19)15-12(13)6-8-14(21)20-15;7-4-2-1-3-5(8)6-4/h2-7,14H,8-13,15-17H2,1H3,(H2,26,31)(H,27,32);5-8,16H,10H2,1-4H3,(H,20,21);1-3H2,(H,6,7,8). The number of nitrogens with one attached hydrogen (secondary N) is 3. The van der Waals surface area contributed by atoms with Gasteiger partial charge >= 0.3 is 0 Å². The Balaban J connectivity index is 0.000000166. The van der Waals surface area contributed by atoms with Crippen LogP contribution in [0.15, 0.2) is 71.5 Å². The topological polar surface area (TPSA) is 194 Å². The molecule has 5 N–H and O–H groups in total. The first-order chi connectivity index (χ1) is 29.4. The zero-order valence-corrected chi connectivity index (χ0v) is 36.4. The van der Waals surface area contributed by atoms with Crippen molar-refractivity contribution < 1.29 is 23.9 Å². The number of nitrogens with zero attached hydrogens (tertiary/aromatic N) is 4. The molecule has 1 aliphatic carbocycles. The van der Waals surface area contributed by atoms with E-state index in [2.05, 4.69) is 83.1 Å². The summed E-state index contributed by atoms with van der Waals surface area (Å²) in [4.78, 5) is 65.5. The highest BCUT2D eigenvalue weighted by Gasteiger charge is 2.55. The molecule has 4 aromatic rings. The van der Waals surface area contributed by atoms with Crippen LogP contribution < -0.4 is 36.5 Å². The van der Waals surface area contributed by atoms with E-state index >= 15 is 0 Å². The Kier molecular flexibility index (Phi) is 12.5. The first-order valence-electron chi connectivity index (χ1n) is 21.5. The fourth-order valence-electron chi connectivity index (χ4n) is 10.2. The minimum Gasteiger partial charge on any atom is -0.489 e. The number of amides is 4. The maximum Gasteiger partial charge on any atom is 0.251 e. The summed E-state index contributed by atoms with van der Waals surface area (Å²) in [6.07, 6.45) is 4.09. The molecule has 4 aliphatic heterocycles. The normalized spacial score (nSPS) is 21.6. The summed E-state index contributed by atoms with van der Waals surface area (Å²) in [6, 6.07) is 22.7. The molecule has 62 heavy (non-hydrogen) atoms. The third-order valence-corrected chi connectivity index (χ3v) is 12.8. The van der Waals surface area contributed by atoms with Crippen molar-refractivity contribution in [2.45, 2.75) is 79.4 Å². The van der Waals surface area contributed by atoms with Crippen LogP contribution in [-0.4, -0.2) is 85.4 Å². The molecule has 3 saturated heterocycles. The van der Waals surface area contributed by atoms with Gasteiger partial charge in [0.15, 0.2) is 0 Å². The molecule has 14 heteroatoms. The molecule has 9 rings (SSSR count). The van der Waals surface area contributed by atoms with Crippen molar-refractivity contribution in [1.82, 2.24) is 20.5 Å². The van der Waals surface area contributed by atoms with E-state index in [1.807, 2.05) is 36.4 Å². The largest absolute Gasteiger partial charge is 0.489 e. The highest BCUT2D eigenvalue weighted by Crippen LogP contribution is 2.55. The molecule has 5 aliphatic rings. The quantitative estimate of drug-likeness (QED) is 0.173. The van der Waals surface area contributed by atoms with Crippen LogP contribution in [0.1, 0.15) is 98.6 Å². The van der Waals surface area contributed by atoms with E-state index in [9.17, 15) is 29.2 Å². The van der Waals surface area contributed by atoms with Crippen molar-refractivity contribution in [3.05, 3.63) is 99.3 Å². The summed E-state index contributed by atoms with van der Waals surface area (Å²) in [5.41, 5.74) is 11.5. The summed E-state index contributed by atoms with van der Waals surface area (Å²) in [6.45, 7) is 19.1. The number of piperidine rings is 1. The fraction of sp³-hybridized carbons (Fsp3) is 0.458. The van der Waals surface area contributed by atoms with E-state index < -0.39 is 0 Å². The second-order valence-corrected chi connectivity index (χ2v) is 19.0. The Morgan fingerprint density at radius 3 is 2.13 bits per heavy atom. The average molecular weight is 843 g/mol. The highest BCUT2D eigenvalue weighted by molar-refractivity contribution is 5.99. The SMILES string of the molecule is CC1(C)CC(C)(C)C1Oc1ccc(C#N)c2[nH]c(=O)ccc12.CC1(CN2CCN(c3ccc4c(c3)CNC4=O)CC2)CCN(c2ccc(C(N)=O)cc2)C1.O=C1CCCC(=O)N1. The van der Waals surface area contributed by atoms with Crippen LogP contribution in [0.2, 0.25) is 0 Å². The maximum atomic E-state index is 11.8. The number of hydrogen-bond donors (Lipinski definition) is 4. The molecule has 1 atom stereocenters. The molecule has 4 amide bonds. The van der Waals surface area contributed by atoms with Crippen LogP contribution in [0.5, 0.6) is 5.75 Å². The first kappa shape index (κ1) is 43.9. The van der Waals surface area contributed by atoms with Gasteiger partial charge in [0.2, 0.25) is 23.3 Å². The summed E-state index contributed by atoms with van der Waals surface area (Å²) in [5.74, 6) is 0.102. The van der Waals surface area contributed by atoms with Crippen LogP contribution in [0.4, 0.5) is 11.4 Å². The van der Waals surface area contributed by atoms with Crippen molar-refractivity contribution in [3.8, 4) is 11.8 Å². The Bertz CT molecular complexity index is 2440. The number of rotatable bonds is 7. The van der Waals surface area contributed by atoms with Gasteiger partial charge in [0.1, 0.15) is 17.9 Å². The number of H-pyrrole nitrogens is 1. The number of imide groups is 1. The Morgan fingerprint density at radius 1 is 0.839 bits per heavy atom. The number of benzene rings is 3. The Labute approximate surface area is 362 Å². The Hall–Kier alpha value is -6.20. The van der Waals surface area contributed by atoms with Crippen molar-refractivity contribution in [3.63, 3.8) is 0 Å². The van der Waals surface area contributed by atoms with E-state index in [4.69, 9.17) is 10.5 Å². The fourth-order valence-corrected chi connectivity index (χ4v) is 10.2. The highest BCUT2D eigenvalue weighted by atomic mass is 16.5. The molecule has 14 nitrogen and oxygen atoms in total. The van der Waals surface area contributed by atoms with Crippen LogP contribution >= 0.6 is 0 Å². The maximum absolute atomic E-state index is 11.8. The average Bonchev–Trinajstić information content (AvgIpc) is 3.81. The number of aromatic amines is 1. The van der Waals surface area contributed by atoms with Gasteiger partial charge in [-0.1, -0.05) is 34.6 Å². The van der Waals surface area contributed by atoms with Gasteiger partial charge in [0, 0.05) is 110 Å². The lowest BCUT2D eigenvalue weighted by atomic mass is 9.53. The minimum atomic E-state index is -0.382. The van der Waals surface area contributed by atoms with Crippen molar-refractivity contribution in [2.24, 2.45) is 22.0 Å². The second kappa shape index (κ2) is 17.6. The lowest BCUT2D eigenvalue weighted by Crippen LogP contribution is -2.58. The van der Waals surface area contributed by atoms with Crippen molar-refractivity contribution in [1.29, 1.82) is 5.26 Å². The molecule has 1 saturated carbocycles. The summed E-state index contributed by atoms with van der Waals surface area (Å²) < 4.78 is 6.30. The van der Waals surface area contributed by atoms with Crippen molar-refractivity contribution in [2.75, 3.05) is 55.6 Å². The van der Waals surface area contributed by atoms with E-state index in [-0.39, 0.29) is 51.5 Å². The zero-order valence-electron chi connectivity index (χ0n) is 36.4. The summed E-state index contributed by atoms with van der Waals surface area (Å²) in [7, 11) is 0. The zero-order chi connectivity index (χ0) is 44.4. The number of pyridine rings is 1. The van der Waals surface area contributed by atoms with E-state index in [1.54, 1.807) is 12.1 Å². The number of hydrogen-bond acceptors (Lipinski definition) is 10. The number of primary amides is 1. The molecule has 0 radical (unpaired) electrons. The van der Waals surface area contributed by atoms with Crippen LogP contribution in [0, 0.1) is 27.6 Å². The molecule has 4 fully saturated rings. The monoisotopic (exact) mass is 842 g/mol. The summed E-state index contributed by atoms with van der Waals surface area (Å²) in [5, 5.41) is 15.1. The molecule has 0 bridgehead atoms. The number of anilines is 2. The summed E-state index contributed by atoms with van der Waals surface area (Å²) >= 11 is 0. The third-order valence-electron chi connectivity index (χ3n) is 12.8. The first-order valence-corrected chi connectivity index (χ1v) is 21.5. The van der Waals surface area contributed by atoms with Gasteiger partial charge in [0.05, 0.1) is 11.1 Å². The number of nitrogens with two attached hydrogens (primary N) is 1. The van der Waals surface area contributed by atoms with Gasteiger partial charge in [-0.15, -0.1) is 0 Å². The van der Waals surface area contributed by atoms with Gasteiger partial charge in [0.25, 0.3) is 5.91 Å². The number of carbonyl (C=O) groups excluding carboxylic acids is 4. The molecule has 326 valence electrons. The van der Waals surface area contributed by atoms with Crippen LogP contribution in [0.25, 0.3) is 10.9 Å². The molecule has 0 spiro atoms. The molecule has 5 heterocycles. The van der Waals surface area contributed by atoms with E-state index in [0.717, 1.165) is 86.6 Å². The van der Waals surface area contributed by atoms with Gasteiger partial charge in [-0.05, 0) is 90.9 Å². The predicted octanol–water partition coefficient (Wildman–Crippen LogP) is 5.48. The lowest BCUT2D eigenvalue weighted by molar-refractivity contribution is -0.133. The van der Waals surface area contributed by atoms with Gasteiger partial charge in [-0.3, -0.25) is 34.2 Å². The lowest BCUT2D eigenvalue weighted by Gasteiger charge is -2.56. The number of nitriles is 1. The number of ether oxygens (including phenoxy) is 1. The molecular formula is C48H58N8O6. The smallest absolute Gasteiger partial charge is 0.251 e. The third kappa shape index (κ3) is 9.79. The Morgan fingerprint density at radius 2 is 1.52 bits per heavy atom. The molecule has 1 unspecified atom stereocenters.